The standard InChI is InChI=1S/C17H22N4/c1-13(2)11-21-9-5-15-16(6-10-21)19-12-20-17(15)14-3-7-18-8-4-14/h3-4,7-8,12-13H,5-6,9-11H2,1-2H3. The van der Waals surface area contributed by atoms with E-state index in [2.05, 4.69) is 33.7 Å². The van der Waals surface area contributed by atoms with Crippen molar-refractivity contribution in [1.82, 2.24) is 19.9 Å². The molecule has 1 aliphatic heterocycles. The highest BCUT2D eigenvalue weighted by Crippen LogP contribution is 2.25. The minimum Gasteiger partial charge on any atom is -0.302 e. The lowest BCUT2D eigenvalue weighted by Gasteiger charge is -2.21. The molecule has 0 fully saturated rings. The smallest absolute Gasteiger partial charge is 0.116 e. The molecule has 0 unspecified atom stereocenters. The molecule has 3 rings (SSSR count). The average molecular weight is 282 g/mol. The zero-order valence-corrected chi connectivity index (χ0v) is 12.8. The van der Waals surface area contributed by atoms with Crippen LogP contribution < -0.4 is 0 Å². The summed E-state index contributed by atoms with van der Waals surface area (Å²) in [6.45, 7) is 7.90. The van der Waals surface area contributed by atoms with Crippen LogP contribution in [0.1, 0.15) is 25.1 Å². The summed E-state index contributed by atoms with van der Waals surface area (Å²) in [5.74, 6) is 0.706. The van der Waals surface area contributed by atoms with Crippen molar-refractivity contribution in [3.8, 4) is 11.3 Å². The molecule has 4 nitrogen and oxygen atoms in total. The Bertz CT molecular complexity index is 595. The van der Waals surface area contributed by atoms with E-state index in [1.165, 1.54) is 11.3 Å². The monoisotopic (exact) mass is 282 g/mol. The summed E-state index contributed by atoms with van der Waals surface area (Å²) in [6.07, 6.45) is 7.40. The number of rotatable bonds is 3. The van der Waals surface area contributed by atoms with Crippen LogP contribution in [0.3, 0.4) is 0 Å². The predicted molar refractivity (Wildman–Crippen MR) is 83.9 cm³/mol. The molecule has 0 saturated carbocycles. The molecule has 0 aromatic carbocycles. The lowest BCUT2D eigenvalue weighted by molar-refractivity contribution is 0.255. The van der Waals surface area contributed by atoms with Crippen LogP contribution in [-0.4, -0.2) is 39.5 Å². The molecule has 0 aliphatic carbocycles. The third-order valence-electron chi connectivity index (χ3n) is 3.95. The summed E-state index contributed by atoms with van der Waals surface area (Å²) in [4.78, 5) is 15.7. The first kappa shape index (κ1) is 14.1. The predicted octanol–water partition coefficient (Wildman–Crippen LogP) is 2.60. The zero-order chi connectivity index (χ0) is 14.7. The van der Waals surface area contributed by atoms with Gasteiger partial charge in [-0.2, -0.15) is 0 Å². The van der Waals surface area contributed by atoms with Crippen LogP contribution >= 0.6 is 0 Å². The number of hydrogen-bond donors (Lipinski definition) is 0. The first-order chi connectivity index (χ1) is 10.2. The number of fused-ring (bicyclic) bond motifs is 1. The van der Waals surface area contributed by atoms with Gasteiger partial charge in [0.15, 0.2) is 0 Å². The normalized spacial score (nSPS) is 15.8. The van der Waals surface area contributed by atoms with E-state index in [4.69, 9.17) is 0 Å². The van der Waals surface area contributed by atoms with Crippen molar-refractivity contribution in [3.05, 3.63) is 42.1 Å². The topological polar surface area (TPSA) is 41.9 Å². The lowest BCUT2D eigenvalue weighted by Crippen LogP contribution is -2.30. The van der Waals surface area contributed by atoms with Crippen LogP contribution in [0.25, 0.3) is 11.3 Å². The molecule has 0 atom stereocenters. The molecule has 2 aromatic heterocycles. The maximum atomic E-state index is 4.53. The van der Waals surface area contributed by atoms with Crippen LogP contribution in [0.2, 0.25) is 0 Å². The maximum absolute atomic E-state index is 4.53. The summed E-state index contributed by atoms with van der Waals surface area (Å²) in [6, 6.07) is 4.05. The van der Waals surface area contributed by atoms with E-state index in [0.29, 0.717) is 5.92 Å². The Morgan fingerprint density at radius 3 is 2.62 bits per heavy atom. The first-order valence-corrected chi connectivity index (χ1v) is 7.69. The molecule has 0 saturated heterocycles. The third-order valence-corrected chi connectivity index (χ3v) is 3.95. The summed E-state index contributed by atoms with van der Waals surface area (Å²) in [5.41, 5.74) is 4.74. The Balaban J connectivity index is 1.89. The quantitative estimate of drug-likeness (QED) is 0.868. The zero-order valence-electron chi connectivity index (χ0n) is 12.8. The van der Waals surface area contributed by atoms with Crippen molar-refractivity contribution in [2.24, 2.45) is 5.92 Å². The lowest BCUT2D eigenvalue weighted by atomic mass is 10.0. The fourth-order valence-electron chi connectivity index (χ4n) is 3.03. The number of nitrogens with zero attached hydrogens (tertiary/aromatic N) is 4. The largest absolute Gasteiger partial charge is 0.302 e. The molecule has 2 aromatic rings. The second-order valence-electron chi connectivity index (χ2n) is 6.08. The van der Waals surface area contributed by atoms with Crippen LogP contribution in [-0.2, 0) is 12.8 Å². The van der Waals surface area contributed by atoms with Gasteiger partial charge in [-0.05, 0) is 24.5 Å². The Morgan fingerprint density at radius 2 is 1.86 bits per heavy atom. The van der Waals surface area contributed by atoms with Crippen molar-refractivity contribution < 1.29 is 0 Å². The summed E-state index contributed by atoms with van der Waals surface area (Å²) in [7, 11) is 0. The molecule has 3 heterocycles. The van der Waals surface area contributed by atoms with Crippen molar-refractivity contribution in [2.45, 2.75) is 26.7 Å². The van der Waals surface area contributed by atoms with Gasteiger partial charge in [-0.3, -0.25) is 4.98 Å². The SMILES string of the molecule is CC(C)CN1CCc2ncnc(-c3ccncc3)c2CC1. The van der Waals surface area contributed by atoms with Gasteiger partial charge >= 0.3 is 0 Å². The van der Waals surface area contributed by atoms with Gasteiger partial charge in [0.2, 0.25) is 0 Å². The van der Waals surface area contributed by atoms with Crippen LogP contribution in [0.4, 0.5) is 0 Å². The van der Waals surface area contributed by atoms with E-state index < -0.39 is 0 Å². The molecule has 1 aliphatic rings. The molecule has 0 radical (unpaired) electrons. The molecular weight excluding hydrogens is 260 g/mol. The van der Waals surface area contributed by atoms with E-state index in [0.717, 1.165) is 43.7 Å². The Morgan fingerprint density at radius 1 is 1.10 bits per heavy atom. The minimum absolute atomic E-state index is 0.706. The van der Waals surface area contributed by atoms with E-state index in [1.54, 1.807) is 6.33 Å². The second-order valence-corrected chi connectivity index (χ2v) is 6.08. The Kier molecular flexibility index (Phi) is 4.25. The van der Waals surface area contributed by atoms with Gasteiger partial charge < -0.3 is 4.90 Å². The molecule has 0 amide bonds. The van der Waals surface area contributed by atoms with Crippen molar-refractivity contribution in [1.29, 1.82) is 0 Å². The molecular formula is C17H22N4. The molecule has 21 heavy (non-hydrogen) atoms. The van der Waals surface area contributed by atoms with Gasteiger partial charge in [0.1, 0.15) is 6.33 Å². The minimum atomic E-state index is 0.706. The summed E-state index contributed by atoms with van der Waals surface area (Å²) < 4.78 is 0. The molecule has 4 heteroatoms. The number of pyridine rings is 1. The van der Waals surface area contributed by atoms with Gasteiger partial charge in [-0.15, -0.1) is 0 Å². The highest BCUT2D eigenvalue weighted by Gasteiger charge is 2.19. The fourth-order valence-corrected chi connectivity index (χ4v) is 3.03. The van der Waals surface area contributed by atoms with Gasteiger partial charge in [-0.25, -0.2) is 9.97 Å². The molecule has 110 valence electrons. The van der Waals surface area contributed by atoms with Gasteiger partial charge in [0, 0.05) is 55.3 Å². The van der Waals surface area contributed by atoms with Gasteiger partial charge in [-0.1, -0.05) is 13.8 Å². The molecule has 0 N–H and O–H groups in total. The van der Waals surface area contributed by atoms with Crippen molar-refractivity contribution in [2.75, 3.05) is 19.6 Å². The highest BCUT2D eigenvalue weighted by atomic mass is 15.1. The van der Waals surface area contributed by atoms with Gasteiger partial charge in [0.05, 0.1) is 5.69 Å². The van der Waals surface area contributed by atoms with E-state index in [-0.39, 0.29) is 0 Å². The Hall–Kier alpha value is -1.81. The van der Waals surface area contributed by atoms with E-state index in [9.17, 15) is 0 Å². The molecule has 0 spiro atoms. The fraction of sp³-hybridized carbons (Fsp3) is 0.471. The van der Waals surface area contributed by atoms with Crippen LogP contribution in [0, 0.1) is 5.92 Å². The van der Waals surface area contributed by atoms with Crippen molar-refractivity contribution in [3.63, 3.8) is 0 Å². The van der Waals surface area contributed by atoms with Crippen LogP contribution in [0.15, 0.2) is 30.9 Å². The van der Waals surface area contributed by atoms with E-state index in [1.807, 2.05) is 24.5 Å². The Labute approximate surface area is 126 Å². The summed E-state index contributed by atoms with van der Waals surface area (Å²) in [5, 5.41) is 0. The van der Waals surface area contributed by atoms with Gasteiger partial charge in [0.25, 0.3) is 0 Å². The first-order valence-electron chi connectivity index (χ1n) is 7.69. The average Bonchev–Trinajstić information content (AvgIpc) is 2.70. The third kappa shape index (κ3) is 3.27. The van der Waals surface area contributed by atoms with E-state index >= 15 is 0 Å². The second kappa shape index (κ2) is 6.31. The van der Waals surface area contributed by atoms with Crippen molar-refractivity contribution >= 4 is 0 Å². The summed E-state index contributed by atoms with van der Waals surface area (Å²) >= 11 is 0. The van der Waals surface area contributed by atoms with Crippen LogP contribution in [0.5, 0.6) is 0 Å². The highest BCUT2D eigenvalue weighted by molar-refractivity contribution is 5.63. The molecule has 0 bridgehead atoms. The maximum Gasteiger partial charge on any atom is 0.116 e. The number of aromatic nitrogens is 3. The number of hydrogen-bond acceptors (Lipinski definition) is 4.